The predicted molar refractivity (Wildman–Crippen MR) is 95.4 cm³/mol. The van der Waals surface area contributed by atoms with Crippen LogP contribution in [-0.4, -0.2) is 36.5 Å². The van der Waals surface area contributed by atoms with Crippen molar-refractivity contribution in [2.45, 2.75) is 6.54 Å². The molecule has 0 atom stereocenters. The fourth-order valence-electron chi connectivity index (χ4n) is 2.46. The highest BCUT2D eigenvalue weighted by Crippen LogP contribution is 2.26. The van der Waals surface area contributed by atoms with Crippen molar-refractivity contribution in [2.24, 2.45) is 0 Å². The number of anilines is 4. The van der Waals surface area contributed by atoms with Crippen LogP contribution in [0, 0.1) is 0 Å². The number of nitrogens with two attached hydrogens (primary N) is 2. The molecule has 0 spiro atoms. The number of aliphatic hydroxyl groups excluding tert-OH is 2. The quantitative estimate of drug-likeness (QED) is 0.469. The van der Waals surface area contributed by atoms with Gasteiger partial charge in [-0.15, -0.1) is 0 Å². The predicted octanol–water partition coefficient (Wildman–Crippen LogP) is 1.25. The Bertz CT molecular complexity index is 628. The maximum Gasteiger partial charge on any atom is 0.0606 e. The summed E-state index contributed by atoms with van der Waals surface area (Å²) in [5.74, 6) is 0. The van der Waals surface area contributed by atoms with Gasteiger partial charge in [-0.05, 0) is 35.9 Å². The van der Waals surface area contributed by atoms with Crippen LogP contribution in [0.15, 0.2) is 42.5 Å². The molecule has 0 heterocycles. The molecule has 23 heavy (non-hydrogen) atoms. The largest absolute Gasteiger partial charge is 0.399 e. The third-order valence-electron chi connectivity index (χ3n) is 3.62. The number of benzene rings is 2. The van der Waals surface area contributed by atoms with Crippen molar-refractivity contribution in [3.63, 3.8) is 0 Å². The highest BCUT2D eigenvalue weighted by molar-refractivity contribution is 5.70. The van der Waals surface area contributed by atoms with Crippen LogP contribution in [0.3, 0.4) is 0 Å². The second kappa shape index (κ2) is 8.26. The van der Waals surface area contributed by atoms with Gasteiger partial charge in [-0.2, -0.15) is 0 Å². The lowest BCUT2D eigenvalue weighted by atomic mass is 10.1. The van der Waals surface area contributed by atoms with Crippen molar-refractivity contribution in [1.29, 1.82) is 0 Å². The molecule has 0 bridgehead atoms. The monoisotopic (exact) mass is 316 g/mol. The normalized spacial score (nSPS) is 10.5. The smallest absolute Gasteiger partial charge is 0.0606 e. The summed E-state index contributed by atoms with van der Waals surface area (Å²) in [6, 6.07) is 13.2. The molecule has 6 heteroatoms. The van der Waals surface area contributed by atoms with Crippen molar-refractivity contribution in [2.75, 3.05) is 48.0 Å². The fourth-order valence-corrected chi connectivity index (χ4v) is 2.46. The molecule has 0 fully saturated rings. The van der Waals surface area contributed by atoms with Crippen LogP contribution in [0.1, 0.15) is 5.56 Å². The van der Waals surface area contributed by atoms with Crippen molar-refractivity contribution in [3.8, 4) is 0 Å². The lowest BCUT2D eigenvalue weighted by Gasteiger charge is -2.26. The van der Waals surface area contributed by atoms with Crippen LogP contribution >= 0.6 is 0 Å². The summed E-state index contributed by atoms with van der Waals surface area (Å²) in [6.45, 7) is 1.51. The zero-order valence-electron chi connectivity index (χ0n) is 13.1. The van der Waals surface area contributed by atoms with E-state index in [4.69, 9.17) is 11.5 Å². The molecular weight excluding hydrogens is 292 g/mol. The van der Waals surface area contributed by atoms with Gasteiger partial charge in [0.1, 0.15) is 0 Å². The summed E-state index contributed by atoms with van der Waals surface area (Å²) in [7, 11) is 0. The number of nitrogen functional groups attached to an aromatic ring is 2. The first-order chi connectivity index (χ1) is 11.2. The van der Waals surface area contributed by atoms with Gasteiger partial charge in [0.15, 0.2) is 0 Å². The highest BCUT2D eigenvalue weighted by atomic mass is 16.3. The molecule has 0 radical (unpaired) electrons. The van der Waals surface area contributed by atoms with E-state index < -0.39 is 0 Å². The van der Waals surface area contributed by atoms with Crippen LogP contribution in [0.25, 0.3) is 0 Å². The molecule has 6 nitrogen and oxygen atoms in total. The van der Waals surface area contributed by atoms with Crippen LogP contribution in [0.5, 0.6) is 0 Å². The molecule has 0 saturated heterocycles. The molecule has 0 aliphatic carbocycles. The Morgan fingerprint density at radius 2 is 1.65 bits per heavy atom. The summed E-state index contributed by atoms with van der Waals surface area (Å²) in [4.78, 5) is 1.94. The lowest BCUT2D eigenvalue weighted by Crippen LogP contribution is -2.30. The van der Waals surface area contributed by atoms with Gasteiger partial charge in [0.2, 0.25) is 0 Å². The average molecular weight is 316 g/mol. The standard InChI is InChI=1S/C17H24N4O2/c18-14-5-6-15(19)13(11-14)12-20-16-3-1-2-4-17(16)21(7-9-22)8-10-23/h1-6,11,20,22-23H,7-10,12,18-19H2. The SMILES string of the molecule is Nc1ccc(N)c(CNc2ccccc2N(CCO)CCO)c1. The number of nitrogens with zero attached hydrogens (tertiary/aromatic N) is 1. The average Bonchev–Trinajstić information content (AvgIpc) is 2.56. The number of hydrogen-bond donors (Lipinski definition) is 5. The van der Waals surface area contributed by atoms with E-state index >= 15 is 0 Å². The van der Waals surface area contributed by atoms with Gasteiger partial charge >= 0.3 is 0 Å². The van der Waals surface area contributed by atoms with Crippen LogP contribution in [0.2, 0.25) is 0 Å². The van der Waals surface area contributed by atoms with Gasteiger partial charge in [-0.3, -0.25) is 0 Å². The van der Waals surface area contributed by atoms with E-state index in [0.29, 0.717) is 31.0 Å². The molecule has 0 aromatic heterocycles. The minimum Gasteiger partial charge on any atom is -0.399 e. The molecule has 0 aliphatic heterocycles. The number of hydrogen-bond acceptors (Lipinski definition) is 6. The number of nitrogens with one attached hydrogen (secondary N) is 1. The van der Waals surface area contributed by atoms with Crippen molar-refractivity contribution in [3.05, 3.63) is 48.0 Å². The van der Waals surface area contributed by atoms with E-state index in [2.05, 4.69) is 5.32 Å². The molecular formula is C17H24N4O2. The number of para-hydroxylation sites is 2. The van der Waals surface area contributed by atoms with Crippen LogP contribution in [0.4, 0.5) is 22.7 Å². The topological polar surface area (TPSA) is 108 Å². The number of aliphatic hydroxyl groups is 2. The Hall–Kier alpha value is -2.44. The molecule has 124 valence electrons. The molecule has 2 aromatic rings. The maximum atomic E-state index is 9.22. The summed E-state index contributed by atoms with van der Waals surface area (Å²) >= 11 is 0. The second-order valence-electron chi connectivity index (χ2n) is 5.26. The van der Waals surface area contributed by atoms with Crippen LogP contribution < -0.4 is 21.7 Å². The molecule has 7 N–H and O–H groups in total. The lowest BCUT2D eigenvalue weighted by molar-refractivity contribution is 0.281. The minimum absolute atomic E-state index is 0.0243. The van der Waals surface area contributed by atoms with Gasteiger partial charge in [-0.1, -0.05) is 12.1 Å². The summed E-state index contributed by atoms with van der Waals surface area (Å²) in [5, 5.41) is 21.8. The molecule has 0 amide bonds. The molecule has 2 aromatic carbocycles. The van der Waals surface area contributed by atoms with Gasteiger partial charge < -0.3 is 31.9 Å². The van der Waals surface area contributed by atoms with Gasteiger partial charge in [0.05, 0.1) is 24.6 Å². The number of rotatable bonds is 8. The van der Waals surface area contributed by atoms with E-state index in [1.54, 1.807) is 12.1 Å². The first kappa shape index (κ1) is 16.9. The minimum atomic E-state index is 0.0243. The zero-order valence-corrected chi connectivity index (χ0v) is 13.1. The van der Waals surface area contributed by atoms with Gasteiger partial charge in [-0.25, -0.2) is 0 Å². The van der Waals surface area contributed by atoms with Crippen molar-refractivity contribution < 1.29 is 10.2 Å². The van der Waals surface area contributed by atoms with Crippen molar-refractivity contribution >= 4 is 22.7 Å². The third kappa shape index (κ3) is 4.51. The zero-order chi connectivity index (χ0) is 16.7. The van der Waals surface area contributed by atoms with E-state index in [1.807, 2.05) is 35.2 Å². The Balaban J connectivity index is 2.18. The summed E-state index contributed by atoms with van der Waals surface area (Å²) < 4.78 is 0. The van der Waals surface area contributed by atoms with Gasteiger partial charge in [0.25, 0.3) is 0 Å². The molecule has 0 unspecified atom stereocenters. The Labute approximate surface area is 136 Å². The maximum absolute atomic E-state index is 9.22. The first-order valence-corrected chi connectivity index (χ1v) is 7.59. The van der Waals surface area contributed by atoms with Crippen LogP contribution in [-0.2, 0) is 6.54 Å². The summed E-state index contributed by atoms with van der Waals surface area (Å²) in [5.41, 5.74) is 15.9. The third-order valence-corrected chi connectivity index (χ3v) is 3.62. The van der Waals surface area contributed by atoms with Crippen molar-refractivity contribution in [1.82, 2.24) is 0 Å². The Morgan fingerprint density at radius 1 is 0.957 bits per heavy atom. The van der Waals surface area contributed by atoms with E-state index in [-0.39, 0.29) is 13.2 Å². The van der Waals surface area contributed by atoms with Gasteiger partial charge in [0, 0.05) is 31.0 Å². The highest BCUT2D eigenvalue weighted by Gasteiger charge is 2.10. The summed E-state index contributed by atoms with van der Waals surface area (Å²) in [6.07, 6.45) is 0. The van der Waals surface area contributed by atoms with E-state index in [1.165, 1.54) is 0 Å². The Kier molecular flexibility index (Phi) is 6.08. The van der Waals surface area contributed by atoms with E-state index in [0.717, 1.165) is 16.9 Å². The molecule has 2 rings (SSSR count). The first-order valence-electron chi connectivity index (χ1n) is 7.59. The fraction of sp³-hybridized carbons (Fsp3) is 0.294. The molecule has 0 aliphatic rings. The Morgan fingerprint density at radius 3 is 2.35 bits per heavy atom. The second-order valence-corrected chi connectivity index (χ2v) is 5.26. The molecule has 0 saturated carbocycles. The van der Waals surface area contributed by atoms with E-state index in [9.17, 15) is 10.2 Å².